The molecule has 2 aliphatic carbocycles. The Kier molecular flexibility index (Phi) is 7.15. The van der Waals surface area contributed by atoms with Crippen LogP contribution in [0.15, 0.2) is 48.5 Å². The molecule has 35 heavy (non-hydrogen) atoms. The van der Waals surface area contributed by atoms with Gasteiger partial charge in [-0.25, -0.2) is 9.59 Å². The van der Waals surface area contributed by atoms with Crippen LogP contribution >= 0.6 is 0 Å². The van der Waals surface area contributed by atoms with Crippen LogP contribution in [0.2, 0.25) is 0 Å². The summed E-state index contributed by atoms with van der Waals surface area (Å²) < 4.78 is 5.69. The molecule has 2 amide bonds. The van der Waals surface area contributed by atoms with Crippen molar-refractivity contribution in [2.75, 3.05) is 13.2 Å². The highest BCUT2D eigenvalue weighted by atomic mass is 16.5. The molecule has 0 spiro atoms. The van der Waals surface area contributed by atoms with Crippen molar-refractivity contribution in [2.24, 2.45) is 5.92 Å². The molecular weight excluding hydrogens is 444 g/mol. The van der Waals surface area contributed by atoms with E-state index >= 15 is 0 Å². The molecule has 7 nitrogen and oxygen atoms in total. The molecule has 7 heteroatoms. The third kappa shape index (κ3) is 4.77. The average molecular weight is 479 g/mol. The highest BCUT2D eigenvalue weighted by molar-refractivity contribution is 5.88. The molecule has 1 fully saturated rings. The summed E-state index contributed by atoms with van der Waals surface area (Å²) in [6.45, 7) is 5.34. The lowest BCUT2D eigenvalue weighted by Crippen LogP contribution is -2.58. The zero-order valence-corrected chi connectivity index (χ0v) is 20.6. The van der Waals surface area contributed by atoms with E-state index in [0.29, 0.717) is 12.8 Å². The number of carboxylic acid groups (broad SMARTS) is 1. The number of nitrogens with zero attached hydrogens (tertiary/aromatic N) is 1. The Bertz CT molecular complexity index is 1070. The largest absolute Gasteiger partial charge is 0.480 e. The lowest BCUT2D eigenvalue weighted by molar-refractivity contribution is -0.159. The molecule has 0 aliphatic heterocycles. The maximum atomic E-state index is 13.4. The Morgan fingerprint density at radius 3 is 2.14 bits per heavy atom. The van der Waals surface area contributed by atoms with Crippen molar-refractivity contribution in [3.05, 3.63) is 59.7 Å². The molecule has 2 aliphatic rings. The molecular formula is C28H34N2O5. The highest BCUT2D eigenvalue weighted by Crippen LogP contribution is 2.44. The number of fused-ring (bicyclic) bond motifs is 3. The molecule has 2 aromatic carbocycles. The predicted molar refractivity (Wildman–Crippen MR) is 133 cm³/mol. The van der Waals surface area contributed by atoms with Gasteiger partial charge in [-0.15, -0.1) is 0 Å². The van der Waals surface area contributed by atoms with Crippen molar-refractivity contribution in [2.45, 2.75) is 64.0 Å². The minimum absolute atomic E-state index is 0.0381. The zero-order valence-electron chi connectivity index (χ0n) is 20.6. The van der Waals surface area contributed by atoms with Crippen LogP contribution in [0.3, 0.4) is 0 Å². The van der Waals surface area contributed by atoms with E-state index in [2.05, 4.69) is 29.6 Å². The molecule has 2 aromatic rings. The summed E-state index contributed by atoms with van der Waals surface area (Å²) in [5.41, 5.74) is 3.28. The summed E-state index contributed by atoms with van der Waals surface area (Å²) in [4.78, 5) is 39.4. The number of ether oxygens (including phenoxy) is 1. The van der Waals surface area contributed by atoms with E-state index in [9.17, 15) is 19.5 Å². The van der Waals surface area contributed by atoms with Crippen molar-refractivity contribution >= 4 is 18.0 Å². The van der Waals surface area contributed by atoms with Gasteiger partial charge in [0.05, 0.1) is 5.92 Å². The van der Waals surface area contributed by atoms with Crippen molar-refractivity contribution in [3.63, 3.8) is 0 Å². The van der Waals surface area contributed by atoms with E-state index in [1.807, 2.05) is 24.3 Å². The van der Waals surface area contributed by atoms with E-state index in [4.69, 9.17) is 4.74 Å². The second kappa shape index (κ2) is 10.1. The van der Waals surface area contributed by atoms with Gasteiger partial charge in [0.2, 0.25) is 5.91 Å². The summed E-state index contributed by atoms with van der Waals surface area (Å²) in [5, 5.41) is 12.6. The third-order valence-corrected chi connectivity index (χ3v) is 7.51. The molecule has 4 rings (SSSR count). The fourth-order valence-corrected chi connectivity index (χ4v) is 5.53. The lowest BCUT2D eigenvalue weighted by Gasteiger charge is -2.40. The van der Waals surface area contributed by atoms with Gasteiger partial charge in [0.1, 0.15) is 12.1 Å². The number of alkyl carbamates (subject to hydrolysis) is 1. The Hall–Kier alpha value is -3.35. The Balaban J connectivity index is 1.44. The monoisotopic (exact) mass is 478 g/mol. The van der Waals surface area contributed by atoms with Gasteiger partial charge in [-0.1, -0.05) is 61.4 Å². The number of hydrogen-bond acceptors (Lipinski definition) is 4. The standard InChI is InChI=1S/C28H34N2O5/c1-4-30(28(2,3)26(32)33)25(31)22-15-9-10-16-24(22)29-27(34)35-17-23-20-13-7-5-11-18(20)19-12-6-8-14-21(19)23/h5-8,11-14,22-24H,4,9-10,15-17H2,1-3H3,(H,29,34)(H,32,33). The van der Waals surface area contributed by atoms with Gasteiger partial charge in [-0.3, -0.25) is 4.79 Å². The van der Waals surface area contributed by atoms with Crippen molar-refractivity contribution in [3.8, 4) is 11.1 Å². The normalized spacial score (nSPS) is 19.4. The number of nitrogens with one attached hydrogen (secondary N) is 1. The lowest BCUT2D eigenvalue weighted by atomic mass is 9.82. The first-order valence-corrected chi connectivity index (χ1v) is 12.4. The van der Waals surface area contributed by atoms with Crippen molar-refractivity contribution in [1.82, 2.24) is 10.2 Å². The minimum atomic E-state index is -1.32. The van der Waals surface area contributed by atoms with Gasteiger partial charge in [-0.05, 0) is 55.9 Å². The molecule has 0 bridgehead atoms. The molecule has 0 radical (unpaired) electrons. The van der Waals surface area contributed by atoms with Gasteiger partial charge in [0.25, 0.3) is 0 Å². The average Bonchev–Trinajstić information content (AvgIpc) is 3.17. The number of aliphatic carboxylic acids is 1. The first kappa shape index (κ1) is 24.8. The number of amides is 2. The summed E-state index contributed by atoms with van der Waals surface area (Å²) >= 11 is 0. The SMILES string of the molecule is CCN(C(=O)C1CCCCC1NC(=O)OCC1c2ccccc2-c2ccccc21)C(C)(C)C(=O)O. The number of rotatable bonds is 7. The van der Waals surface area contributed by atoms with Crippen LogP contribution in [0.4, 0.5) is 4.79 Å². The molecule has 2 N–H and O–H groups in total. The van der Waals surface area contributed by atoms with E-state index in [1.165, 1.54) is 18.7 Å². The number of carbonyl (C=O) groups is 3. The number of carboxylic acids is 1. The summed E-state index contributed by atoms with van der Waals surface area (Å²) in [7, 11) is 0. The number of hydrogen-bond donors (Lipinski definition) is 2. The third-order valence-electron chi connectivity index (χ3n) is 7.51. The molecule has 186 valence electrons. The smallest absolute Gasteiger partial charge is 0.407 e. The van der Waals surface area contributed by atoms with Crippen LogP contribution in [0.1, 0.15) is 63.5 Å². The second-order valence-electron chi connectivity index (χ2n) is 9.91. The molecule has 2 atom stereocenters. The Morgan fingerprint density at radius 2 is 1.57 bits per heavy atom. The summed E-state index contributed by atoms with van der Waals surface area (Å²) in [5.74, 6) is -1.79. The van der Waals surface area contributed by atoms with Crippen LogP contribution in [-0.4, -0.2) is 52.7 Å². The van der Waals surface area contributed by atoms with Crippen LogP contribution in [0, 0.1) is 5.92 Å². The van der Waals surface area contributed by atoms with Crippen molar-refractivity contribution in [1.29, 1.82) is 0 Å². The topological polar surface area (TPSA) is 95.9 Å². The maximum absolute atomic E-state index is 13.4. The number of likely N-dealkylation sites (N-methyl/N-ethyl adjacent to an activating group) is 1. The molecule has 0 heterocycles. The van der Waals surface area contributed by atoms with Crippen molar-refractivity contribution < 1.29 is 24.2 Å². The zero-order chi connectivity index (χ0) is 25.2. The van der Waals surface area contributed by atoms with Crippen LogP contribution in [-0.2, 0) is 14.3 Å². The van der Waals surface area contributed by atoms with Crippen LogP contribution in [0.5, 0.6) is 0 Å². The van der Waals surface area contributed by atoms with Gasteiger partial charge in [0, 0.05) is 18.5 Å². The first-order valence-electron chi connectivity index (χ1n) is 12.4. The predicted octanol–water partition coefficient (Wildman–Crippen LogP) is 4.80. The van der Waals surface area contributed by atoms with E-state index in [1.54, 1.807) is 6.92 Å². The highest BCUT2D eigenvalue weighted by Gasteiger charge is 2.42. The van der Waals surface area contributed by atoms with E-state index in [-0.39, 0.29) is 31.0 Å². The number of benzene rings is 2. The maximum Gasteiger partial charge on any atom is 0.407 e. The molecule has 1 saturated carbocycles. The minimum Gasteiger partial charge on any atom is -0.480 e. The number of carbonyl (C=O) groups excluding carboxylic acids is 2. The van der Waals surface area contributed by atoms with Gasteiger partial charge >= 0.3 is 12.1 Å². The molecule has 0 aromatic heterocycles. The quantitative estimate of drug-likeness (QED) is 0.596. The van der Waals surface area contributed by atoms with Crippen LogP contribution < -0.4 is 5.32 Å². The van der Waals surface area contributed by atoms with E-state index in [0.717, 1.165) is 35.1 Å². The summed E-state index contributed by atoms with van der Waals surface area (Å²) in [6.07, 6.45) is 2.49. The Morgan fingerprint density at radius 1 is 1.00 bits per heavy atom. The molecule has 2 unspecified atom stereocenters. The van der Waals surface area contributed by atoms with E-state index < -0.39 is 23.5 Å². The fourth-order valence-electron chi connectivity index (χ4n) is 5.53. The van der Waals surface area contributed by atoms with Gasteiger partial charge in [0.15, 0.2) is 0 Å². The summed E-state index contributed by atoms with van der Waals surface area (Å²) in [6, 6.07) is 15.9. The molecule has 0 saturated heterocycles. The van der Waals surface area contributed by atoms with Crippen LogP contribution in [0.25, 0.3) is 11.1 Å². The second-order valence-corrected chi connectivity index (χ2v) is 9.91. The Labute approximate surface area is 206 Å². The first-order chi connectivity index (χ1) is 16.8. The van der Waals surface area contributed by atoms with Gasteiger partial charge in [-0.2, -0.15) is 0 Å². The fraction of sp³-hybridized carbons (Fsp3) is 0.464. The van der Waals surface area contributed by atoms with Gasteiger partial charge < -0.3 is 20.1 Å².